The van der Waals surface area contributed by atoms with E-state index in [0.29, 0.717) is 51.6 Å². The van der Waals surface area contributed by atoms with Crippen LogP contribution in [0.15, 0.2) is 24.3 Å². The Morgan fingerprint density at radius 2 is 1.82 bits per heavy atom. The molecule has 33 heavy (non-hydrogen) atoms. The van der Waals surface area contributed by atoms with E-state index in [0.717, 1.165) is 11.2 Å². The number of methoxy groups -OCH3 is 1. The normalized spacial score (nSPS) is 15.7. The van der Waals surface area contributed by atoms with Gasteiger partial charge in [0.2, 0.25) is 0 Å². The lowest BCUT2D eigenvalue weighted by atomic mass is 9.94. The van der Waals surface area contributed by atoms with Gasteiger partial charge in [0.05, 0.1) is 23.6 Å². The number of halogens is 1. The van der Waals surface area contributed by atoms with Gasteiger partial charge in [-0.3, -0.25) is 10.1 Å². The molecule has 11 heteroatoms. The molecule has 0 aliphatic carbocycles. The van der Waals surface area contributed by atoms with Crippen LogP contribution in [0.1, 0.15) is 36.0 Å². The van der Waals surface area contributed by atoms with Crippen LogP contribution in [-0.4, -0.2) is 64.4 Å². The molecule has 0 spiro atoms. The molecule has 0 radical (unpaired) electrons. The summed E-state index contributed by atoms with van der Waals surface area (Å²) >= 11 is 7.42. The molecule has 0 unspecified atom stereocenters. The van der Waals surface area contributed by atoms with E-state index in [2.05, 4.69) is 31.4 Å². The molecule has 0 bridgehead atoms. The topological polar surface area (TPSA) is 105 Å². The number of carbonyl (C=O) groups is 2. The van der Waals surface area contributed by atoms with Crippen molar-refractivity contribution < 1.29 is 22.7 Å². The van der Waals surface area contributed by atoms with Crippen molar-refractivity contribution in [1.29, 1.82) is 0 Å². The maximum Gasteiger partial charge on any atom is 0.324 e. The molecular weight excluding hydrogens is 486 g/mol. The van der Waals surface area contributed by atoms with Crippen molar-refractivity contribution in [3.63, 3.8) is 0 Å². The van der Waals surface area contributed by atoms with E-state index in [1.165, 1.54) is 18.4 Å². The first-order chi connectivity index (χ1) is 15.3. The zero-order valence-corrected chi connectivity index (χ0v) is 21.8. The summed E-state index contributed by atoms with van der Waals surface area (Å²) in [6.45, 7) is 7.55. The van der Waals surface area contributed by atoms with Gasteiger partial charge < -0.3 is 15.0 Å². The van der Waals surface area contributed by atoms with Crippen LogP contribution < -0.4 is 15.4 Å². The molecule has 1 aliphatic heterocycles. The minimum atomic E-state index is -2.66. The average Bonchev–Trinajstić information content (AvgIpc) is 3.14. The van der Waals surface area contributed by atoms with Crippen LogP contribution in [-0.2, 0) is 15.3 Å². The summed E-state index contributed by atoms with van der Waals surface area (Å²) in [5, 5.41) is 6.31. The third-order valence-electron chi connectivity index (χ3n) is 4.83. The number of nitrogens with zero attached hydrogens (tertiary/aromatic N) is 1. The van der Waals surface area contributed by atoms with Crippen molar-refractivity contribution in [3.05, 3.63) is 39.7 Å². The zero-order valence-electron chi connectivity index (χ0n) is 19.4. The van der Waals surface area contributed by atoms with Crippen LogP contribution in [0.25, 0.3) is 0 Å². The number of amides is 2. The van der Waals surface area contributed by atoms with Crippen molar-refractivity contribution in [3.8, 4) is 5.75 Å². The predicted octanol–water partition coefficient (Wildman–Crippen LogP) is 4.51. The number of benzene rings is 1. The number of nitrogens with one attached hydrogen (secondary N) is 2. The van der Waals surface area contributed by atoms with Crippen molar-refractivity contribution in [2.45, 2.75) is 26.2 Å². The smallest absolute Gasteiger partial charge is 0.324 e. The van der Waals surface area contributed by atoms with E-state index in [4.69, 9.17) is 16.3 Å². The molecule has 3 rings (SSSR count). The monoisotopic (exact) mass is 515 g/mol. The van der Waals surface area contributed by atoms with Crippen LogP contribution in [0.3, 0.4) is 0 Å². The van der Waals surface area contributed by atoms with Gasteiger partial charge in [-0.15, -0.1) is 11.3 Å². The lowest BCUT2D eigenvalue weighted by molar-refractivity contribution is 0.112. The summed E-state index contributed by atoms with van der Waals surface area (Å²) in [6.07, 6.45) is 0.742. The Hall–Kier alpha value is -2.14. The van der Waals surface area contributed by atoms with Gasteiger partial charge in [-0.25, -0.2) is 13.2 Å². The molecular formula is C22H30ClN3O5S2. The van der Waals surface area contributed by atoms with Crippen LogP contribution in [0.2, 0.25) is 5.02 Å². The SMILES string of the molecule is CN1CCS(=O)(=O)CC1.COc1ccc(NC(=O)Nc2sc(C(C)(C)C)cc2C=O)cc1Cl. The van der Waals surface area contributed by atoms with Crippen molar-refractivity contribution in [2.75, 3.05) is 49.4 Å². The second-order valence-corrected chi connectivity index (χ2v) is 12.4. The third kappa shape index (κ3) is 8.29. The van der Waals surface area contributed by atoms with Crippen molar-refractivity contribution in [1.82, 2.24) is 4.90 Å². The lowest BCUT2D eigenvalue weighted by Gasteiger charge is -2.21. The van der Waals surface area contributed by atoms with E-state index < -0.39 is 15.9 Å². The first kappa shape index (κ1) is 27.1. The highest BCUT2D eigenvalue weighted by Crippen LogP contribution is 2.35. The molecule has 0 saturated carbocycles. The Morgan fingerprint density at radius 1 is 1.18 bits per heavy atom. The number of thiophene rings is 1. The third-order valence-corrected chi connectivity index (χ3v) is 8.23. The number of urea groups is 1. The Kier molecular flexibility index (Phi) is 9.30. The molecule has 182 valence electrons. The maximum absolute atomic E-state index is 12.2. The summed E-state index contributed by atoms with van der Waals surface area (Å²) in [4.78, 5) is 26.4. The molecule has 8 nitrogen and oxygen atoms in total. The second-order valence-electron chi connectivity index (χ2n) is 8.65. The molecule has 1 fully saturated rings. The van der Waals surface area contributed by atoms with Gasteiger partial charge in [0.1, 0.15) is 10.8 Å². The number of ether oxygens (including phenoxy) is 1. The van der Waals surface area contributed by atoms with E-state index in [1.54, 1.807) is 24.3 Å². The Bertz CT molecular complexity index is 1080. The number of hydrogen-bond donors (Lipinski definition) is 2. The van der Waals surface area contributed by atoms with Gasteiger partial charge in [-0.2, -0.15) is 0 Å². The molecule has 2 aromatic rings. The Balaban J connectivity index is 0.000000357. The van der Waals surface area contributed by atoms with E-state index >= 15 is 0 Å². The molecule has 2 N–H and O–H groups in total. The first-order valence-corrected chi connectivity index (χ1v) is 13.3. The summed E-state index contributed by atoms with van der Waals surface area (Å²) in [7, 11) is 0.801. The van der Waals surface area contributed by atoms with Gasteiger partial charge in [-0.05, 0) is 36.7 Å². The summed E-state index contributed by atoms with van der Waals surface area (Å²) in [5.74, 6) is 1.20. The number of sulfone groups is 1. The summed E-state index contributed by atoms with van der Waals surface area (Å²) in [6, 6.07) is 6.30. The minimum absolute atomic E-state index is 0.0949. The molecule has 1 saturated heterocycles. The van der Waals surface area contributed by atoms with Crippen LogP contribution >= 0.6 is 22.9 Å². The molecule has 1 aliphatic rings. The van der Waals surface area contributed by atoms with Crippen molar-refractivity contribution >= 4 is 55.8 Å². The van der Waals surface area contributed by atoms with Crippen molar-refractivity contribution in [2.24, 2.45) is 0 Å². The quantitative estimate of drug-likeness (QED) is 0.580. The number of carbonyl (C=O) groups excluding carboxylic acids is 2. The fourth-order valence-electron chi connectivity index (χ4n) is 2.77. The van der Waals surface area contributed by atoms with E-state index in [1.807, 2.05) is 11.9 Å². The molecule has 2 heterocycles. The van der Waals surface area contributed by atoms with E-state index in [9.17, 15) is 18.0 Å². The van der Waals surface area contributed by atoms with Crippen LogP contribution in [0.4, 0.5) is 15.5 Å². The van der Waals surface area contributed by atoms with Gasteiger partial charge in [0.15, 0.2) is 16.1 Å². The number of aldehydes is 1. The molecule has 1 aromatic heterocycles. The van der Waals surface area contributed by atoms with Crippen LogP contribution in [0, 0.1) is 0 Å². The molecule has 2 amide bonds. The minimum Gasteiger partial charge on any atom is -0.495 e. The highest BCUT2D eigenvalue weighted by Gasteiger charge is 2.21. The lowest BCUT2D eigenvalue weighted by Crippen LogP contribution is -2.37. The maximum atomic E-state index is 12.2. The zero-order chi connectivity index (χ0) is 24.8. The largest absolute Gasteiger partial charge is 0.495 e. The standard InChI is InChI=1S/C17H19ClN2O3S.C5H11NO2S/c1-17(2,3)14-7-10(9-21)15(24-14)20-16(22)19-11-5-6-13(23-4)12(18)8-11;1-6-2-4-9(7,8)5-3-6/h5-9H,1-4H3,(H2,19,20,22);2-5H2,1H3. The predicted molar refractivity (Wildman–Crippen MR) is 135 cm³/mol. The molecule has 0 atom stereocenters. The fourth-order valence-corrected chi connectivity index (χ4v) is 5.50. The Labute approximate surface area is 204 Å². The number of anilines is 2. The van der Waals surface area contributed by atoms with Gasteiger partial charge in [0.25, 0.3) is 0 Å². The van der Waals surface area contributed by atoms with Gasteiger partial charge in [-0.1, -0.05) is 32.4 Å². The summed E-state index contributed by atoms with van der Waals surface area (Å²) < 4.78 is 26.6. The number of rotatable bonds is 4. The fraction of sp³-hybridized carbons (Fsp3) is 0.455. The number of hydrogen-bond acceptors (Lipinski definition) is 7. The second kappa shape index (κ2) is 11.3. The van der Waals surface area contributed by atoms with Gasteiger partial charge in [0, 0.05) is 29.2 Å². The van der Waals surface area contributed by atoms with Gasteiger partial charge >= 0.3 is 6.03 Å². The summed E-state index contributed by atoms with van der Waals surface area (Å²) in [5.41, 5.74) is 0.897. The average molecular weight is 516 g/mol. The highest BCUT2D eigenvalue weighted by atomic mass is 35.5. The van der Waals surface area contributed by atoms with Crippen LogP contribution in [0.5, 0.6) is 5.75 Å². The van der Waals surface area contributed by atoms with E-state index in [-0.39, 0.29) is 5.41 Å². The highest BCUT2D eigenvalue weighted by molar-refractivity contribution is 7.91. The Morgan fingerprint density at radius 3 is 2.30 bits per heavy atom. The first-order valence-electron chi connectivity index (χ1n) is 10.2. The molecule has 1 aromatic carbocycles.